The lowest BCUT2D eigenvalue weighted by atomic mass is 10.0. The quantitative estimate of drug-likeness (QED) is 0.169. The molecule has 0 fully saturated rings. The minimum absolute atomic E-state index is 0.592. The average Bonchev–Trinajstić information content (AvgIpc) is 3.99. The standard InChI is InChI=1S/C52H32N6S/c1-3-14-34(15-4-1)49-54-50(56-52(55-49)58-44-23-10-7-18-38(44)39-19-8-11-24-45(39)58)41-21-13-20-40-42-32-36(30-31-47(42)59-48(40)41)33-26-28-35(29-27-33)51-53-43-22-9-12-25-46(43)57(51)37-16-5-2-6-17-37/h1-32H. The lowest BCUT2D eigenvalue weighted by Gasteiger charge is -2.11. The van der Waals surface area contributed by atoms with Gasteiger partial charge in [-0.2, -0.15) is 9.97 Å². The number of benzene rings is 8. The molecule has 7 heteroatoms. The van der Waals surface area contributed by atoms with E-state index in [-0.39, 0.29) is 0 Å². The summed E-state index contributed by atoms with van der Waals surface area (Å²) in [4.78, 5) is 20.7. The molecule has 0 radical (unpaired) electrons. The van der Waals surface area contributed by atoms with Crippen LogP contribution in [0.1, 0.15) is 0 Å². The Bertz CT molecular complexity index is 3490. The molecule has 0 amide bonds. The van der Waals surface area contributed by atoms with Crippen LogP contribution < -0.4 is 0 Å². The number of hydrogen-bond acceptors (Lipinski definition) is 5. The van der Waals surface area contributed by atoms with Gasteiger partial charge in [-0.3, -0.25) is 9.13 Å². The number of fused-ring (bicyclic) bond motifs is 7. The first-order chi connectivity index (χ1) is 29.2. The molecule has 0 aliphatic heterocycles. The van der Waals surface area contributed by atoms with E-state index in [9.17, 15) is 0 Å². The average molecular weight is 773 g/mol. The van der Waals surface area contributed by atoms with Crippen LogP contribution in [0.15, 0.2) is 194 Å². The van der Waals surface area contributed by atoms with Crippen LogP contribution in [0.3, 0.4) is 0 Å². The first-order valence-electron chi connectivity index (χ1n) is 19.6. The van der Waals surface area contributed by atoms with E-state index in [1.54, 1.807) is 11.3 Å². The van der Waals surface area contributed by atoms with Crippen LogP contribution in [-0.4, -0.2) is 29.1 Å². The Morgan fingerprint density at radius 3 is 1.75 bits per heavy atom. The molecule has 59 heavy (non-hydrogen) atoms. The summed E-state index contributed by atoms with van der Waals surface area (Å²) in [6.45, 7) is 0. The molecule has 12 rings (SSSR count). The second-order valence-electron chi connectivity index (χ2n) is 14.7. The molecule has 0 aliphatic carbocycles. The third-order valence-electron chi connectivity index (χ3n) is 11.2. The number of aromatic nitrogens is 6. The lowest BCUT2D eigenvalue weighted by Crippen LogP contribution is -2.06. The third-order valence-corrected chi connectivity index (χ3v) is 12.4. The van der Waals surface area contributed by atoms with Gasteiger partial charge >= 0.3 is 0 Å². The normalized spacial score (nSPS) is 11.7. The van der Waals surface area contributed by atoms with Gasteiger partial charge in [0.05, 0.1) is 22.1 Å². The van der Waals surface area contributed by atoms with E-state index in [1.165, 1.54) is 15.5 Å². The minimum atomic E-state index is 0.592. The van der Waals surface area contributed by atoms with Crippen LogP contribution in [0, 0.1) is 0 Å². The second kappa shape index (κ2) is 13.4. The maximum atomic E-state index is 5.27. The lowest BCUT2D eigenvalue weighted by molar-refractivity contribution is 0.954. The maximum absolute atomic E-state index is 5.27. The molecular formula is C52H32N6S. The van der Waals surface area contributed by atoms with Gasteiger partial charge in [-0.1, -0.05) is 140 Å². The predicted octanol–water partition coefficient (Wildman–Crippen LogP) is 13.3. The summed E-state index contributed by atoms with van der Waals surface area (Å²) in [6.07, 6.45) is 0. The van der Waals surface area contributed by atoms with Crippen LogP contribution in [0.4, 0.5) is 0 Å². The van der Waals surface area contributed by atoms with Crippen molar-refractivity contribution in [3.05, 3.63) is 194 Å². The van der Waals surface area contributed by atoms with Crippen molar-refractivity contribution in [2.24, 2.45) is 0 Å². The molecule has 0 atom stereocenters. The van der Waals surface area contributed by atoms with Crippen molar-refractivity contribution < 1.29 is 0 Å². The number of para-hydroxylation sites is 5. The van der Waals surface area contributed by atoms with Crippen molar-refractivity contribution in [2.45, 2.75) is 0 Å². The first kappa shape index (κ1) is 33.4. The summed E-state index contributed by atoms with van der Waals surface area (Å²) in [5, 5.41) is 4.71. The molecule has 0 aliphatic rings. The molecule has 0 N–H and O–H groups in total. The number of imidazole rings is 1. The molecule has 0 saturated heterocycles. The van der Waals surface area contributed by atoms with Crippen molar-refractivity contribution in [1.82, 2.24) is 29.1 Å². The Kier molecular flexibility index (Phi) is 7.61. The first-order valence-corrected chi connectivity index (χ1v) is 20.5. The van der Waals surface area contributed by atoms with E-state index < -0.39 is 0 Å². The van der Waals surface area contributed by atoms with Gasteiger partial charge in [-0.05, 0) is 65.7 Å². The van der Waals surface area contributed by atoms with Gasteiger partial charge in [0.2, 0.25) is 5.95 Å². The fraction of sp³-hybridized carbons (Fsp3) is 0. The predicted molar refractivity (Wildman–Crippen MR) is 243 cm³/mol. The second-order valence-corrected chi connectivity index (χ2v) is 15.7. The van der Waals surface area contributed by atoms with Gasteiger partial charge < -0.3 is 0 Å². The number of hydrogen-bond donors (Lipinski definition) is 0. The highest BCUT2D eigenvalue weighted by Crippen LogP contribution is 2.42. The van der Waals surface area contributed by atoms with Crippen LogP contribution in [0.5, 0.6) is 0 Å². The van der Waals surface area contributed by atoms with Crippen molar-refractivity contribution >= 4 is 64.3 Å². The Morgan fingerprint density at radius 2 is 0.983 bits per heavy atom. The molecule has 0 saturated carbocycles. The van der Waals surface area contributed by atoms with E-state index in [2.05, 4.69) is 173 Å². The van der Waals surface area contributed by atoms with Crippen LogP contribution >= 0.6 is 11.3 Å². The smallest absolute Gasteiger partial charge is 0.238 e. The summed E-state index contributed by atoms with van der Waals surface area (Å²) < 4.78 is 6.77. The van der Waals surface area contributed by atoms with Gasteiger partial charge in [0.1, 0.15) is 5.82 Å². The molecule has 0 bridgehead atoms. The van der Waals surface area contributed by atoms with Crippen LogP contribution in [0.2, 0.25) is 0 Å². The van der Waals surface area contributed by atoms with Crippen molar-refractivity contribution in [1.29, 1.82) is 0 Å². The summed E-state index contributed by atoms with van der Waals surface area (Å²) in [5.74, 6) is 2.79. The van der Waals surface area contributed by atoms with Crippen molar-refractivity contribution in [2.75, 3.05) is 0 Å². The fourth-order valence-electron chi connectivity index (χ4n) is 8.46. The molecule has 276 valence electrons. The highest BCUT2D eigenvalue weighted by atomic mass is 32.1. The molecule has 4 aromatic heterocycles. The monoisotopic (exact) mass is 772 g/mol. The van der Waals surface area contributed by atoms with Crippen LogP contribution in [0.25, 0.3) is 110 Å². The van der Waals surface area contributed by atoms with Gasteiger partial charge in [-0.15, -0.1) is 11.3 Å². The fourth-order valence-corrected chi connectivity index (χ4v) is 9.66. The molecular weight excluding hydrogens is 741 g/mol. The molecule has 4 heterocycles. The highest BCUT2D eigenvalue weighted by Gasteiger charge is 2.20. The zero-order chi connectivity index (χ0) is 38.9. The Labute approximate surface area is 343 Å². The molecule has 0 spiro atoms. The van der Waals surface area contributed by atoms with Crippen molar-refractivity contribution in [3.8, 4) is 56.9 Å². The summed E-state index contributed by atoms with van der Waals surface area (Å²) in [6, 6.07) is 67.9. The van der Waals surface area contributed by atoms with Gasteiger partial charge in [-0.25, -0.2) is 9.97 Å². The number of nitrogens with zero attached hydrogens (tertiary/aromatic N) is 6. The van der Waals surface area contributed by atoms with E-state index in [0.717, 1.165) is 76.9 Å². The molecule has 6 nitrogen and oxygen atoms in total. The largest absolute Gasteiger partial charge is 0.292 e. The zero-order valence-electron chi connectivity index (χ0n) is 31.6. The molecule has 12 aromatic rings. The maximum Gasteiger partial charge on any atom is 0.238 e. The van der Waals surface area contributed by atoms with Crippen molar-refractivity contribution in [3.63, 3.8) is 0 Å². The Hall–Kier alpha value is -7.74. The SMILES string of the molecule is c1ccc(-c2nc(-c3cccc4c3sc3ccc(-c5ccc(-c6nc7ccccc7n6-c6ccccc6)cc5)cc34)nc(-n3c4ccccc4c4ccccc43)n2)cc1. The Morgan fingerprint density at radius 1 is 0.373 bits per heavy atom. The minimum Gasteiger partial charge on any atom is -0.292 e. The highest BCUT2D eigenvalue weighted by molar-refractivity contribution is 7.26. The van der Waals surface area contributed by atoms with E-state index in [1.807, 2.05) is 30.3 Å². The van der Waals surface area contributed by atoms with E-state index in [4.69, 9.17) is 19.9 Å². The number of thiophene rings is 1. The van der Waals surface area contributed by atoms with Gasteiger partial charge in [0, 0.05) is 53.3 Å². The summed E-state index contributed by atoms with van der Waals surface area (Å²) in [7, 11) is 0. The number of rotatable bonds is 6. The summed E-state index contributed by atoms with van der Waals surface area (Å²) >= 11 is 1.78. The van der Waals surface area contributed by atoms with E-state index in [0.29, 0.717) is 17.6 Å². The zero-order valence-corrected chi connectivity index (χ0v) is 32.4. The Balaban J connectivity index is 0.976. The molecule has 0 unspecified atom stereocenters. The molecule has 8 aromatic carbocycles. The van der Waals surface area contributed by atoms with Crippen LogP contribution in [-0.2, 0) is 0 Å². The van der Waals surface area contributed by atoms with Gasteiger partial charge in [0.15, 0.2) is 11.6 Å². The summed E-state index contributed by atoms with van der Waals surface area (Å²) in [5.41, 5.74) is 10.6. The van der Waals surface area contributed by atoms with E-state index >= 15 is 0 Å². The van der Waals surface area contributed by atoms with Gasteiger partial charge in [0.25, 0.3) is 0 Å². The topological polar surface area (TPSA) is 61.4 Å². The third kappa shape index (κ3) is 5.47.